The second-order valence-corrected chi connectivity index (χ2v) is 3.70. The molecule has 0 aliphatic carbocycles. The van der Waals surface area contributed by atoms with Crippen LogP contribution in [0.1, 0.15) is 33.1 Å². The highest BCUT2D eigenvalue weighted by Crippen LogP contribution is 2.20. The highest BCUT2D eigenvalue weighted by molar-refractivity contribution is 5.69. The van der Waals surface area contributed by atoms with Gasteiger partial charge in [0, 0.05) is 6.42 Å². The van der Waals surface area contributed by atoms with E-state index in [2.05, 4.69) is 18.6 Å². The molecular formula is C10H21NO2. The van der Waals surface area contributed by atoms with Crippen molar-refractivity contribution in [3.05, 3.63) is 0 Å². The molecule has 3 heteroatoms. The SMILES string of the molecule is COC(=O)CC[C@H](CCN)C(C)C. The Labute approximate surface area is 80.6 Å². The Hall–Kier alpha value is -0.570. The van der Waals surface area contributed by atoms with E-state index in [0.29, 0.717) is 24.8 Å². The van der Waals surface area contributed by atoms with Crippen LogP contribution in [-0.4, -0.2) is 19.6 Å². The zero-order valence-corrected chi connectivity index (χ0v) is 8.88. The summed E-state index contributed by atoms with van der Waals surface area (Å²) in [6.07, 6.45) is 2.40. The van der Waals surface area contributed by atoms with Crippen LogP contribution < -0.4 is 5.73 Å². The van der Waals surface area contributed by atoms with Crippen LogP contribution in [0.15, 0.2) is 0 Å². The van der Waals surface area contributed by atoms with Gasteiger partial charge < -0.3 is 10.5 Å². The monoisotopic (exact) mass is 187 g/mol. The maximum atomic E-state index is 10.9. The lowest BCUT2D eigenvalue weighted by molar-refractivity contribution is -0.141. The second-order valence-electron chi connectivity index (χ2n) is 3.70. The first kappa shape index (κ1) is 12.4. The molecule has 0 aromatic carbocycles. The lowest BCUT2D eigenvalue weighted by Gasteiger charge is -2.19. The smallest absolute Gasteiger partial charge is 0.305 e. The van der Waals surface area contributed by atoms with Crippen molar-refractivity contribution in [2.24, 2.45) is 17.6 Å². The fourth-order valence-electron chi connectivity index (χ4n) is 1.43. The molecule has 0 aromatic rings. The molecule has 0 radical (unpaired) electrons. The van der Waals surface area contributed by atoms with Crippen molar-refractivity contribution in [2.75, 3.05) is 13.7 Å². The van der Waals surface area contributed by atoms with Gasteiger partial charge in [0.1, 0.15) is 0 Å². The first-order valence-corrected chi connectivity index (χ1v) is 4.88. The molecule has 0 bridgehead atoms. The molecule has 0 heterocycles. The Kier molecular flexibility index (Phi) is 6.59. The Balaban J connectivity index is 3.75. The van der Waals surface area contributed by atoms with E-state index in [1.807, 2.05) is 0 Å². The van der Waals surface area contributed by atoms with Gasteiger partial charge in [-0.25, -0.2) is 0 Å². The molecule has 0 aromatic heterocycles. The molecule has 2 N–H and O–H groups in total. The second kappa shape index (κ2) is 6.89. The Morgan fingerprint density at radius 3 is 2.38 bits per heavy atom. The van der Waals surface area contributed by atoms with Gasteiger partial charge >= 0.3 is 5.97 Å². The molecule has 0 spiro atoms. The lowest BCUT2D eigenvalue weighted by atomic mass is 9.88. The van der Waals surface area contributed by atoms with E-state index in [-0.39, 0.29) is 5.97 Å². The molecule has 13 heavy (non-hydrogen) atoms. The van der Waals surface area contributed by atoms with E-state index in [1.54, 1.807) is 0 Å². The van der Waals surface area contributed by atoms with E-state index in [4.69, 9.17) is 5.73 Å². The fraction of sp³-hybridized carbons (Fsp3) is 0.900. The average Bonchev–Trinajstić information content (AvgIpc) is 2.11. The van der Waals surface area contributed by atoms with Crippen LogP contribution in [0.3, 0.4) is 0 Å². The largest absolute Gasteiger partial charge is 0.469 e. The van der Waals surface area contributed by atoms with Gasteiger partial charge in [-0.2, -0.15) is 0 Å². The van der Waals surface area contributed by atoms with Crippen molar-refractivity contribution in [3.63, 3.8) is 0 Å². The van der Waals surface area contributed by atoms with Crippen molar-refractivity contribution in [2.45, 2.75) is 33.1 Å². The van der Waals surface area contributed by atoms with Crippen molar-refractivity contribution in [3.8, 4) is 0 Å². The van der Waals surface area contributed by atoms with E-state index < -0.39 is 0 Å². The Bertz CT molecular complexity index is 146. The number of hydrogen-bond acceptors (Lipinski definition) is 3. The number of ether oxygens (including phenoxy) is 1. The predicted molar refractivity (Wildman–Crippen MR) is 53.2 cm³/mol. The topological polar surface area (TPSA) is 52.3 Å². The summed E-state index contributed by atoms with van der Waals surface area (Å²) in [5.74, 6) is 1.01. The Morgan fingerprint density at radius 1 is 1.38 bits per heavy atom. The summed E-state index contributed by atoms with van der Waals surface area (Å²) < 4.78 is 4.59. The summed E-state index contributed by atoms with van der Waals surface area (Å²) in [5, 5.41) is 0. The van der Waals surface area contributed by atoms with Crippen molar-refractivity contribution >= 4 is 5.97 Å². The van der Waals surface area contributed by atoms with Gasteiger partial charge in [-0.15, -0.1) is 0 Å². The fourth-order valence-corrected chi connectivity index (χ4v) is 1.43. The maximum absolute atomic E-state index is 10.9. The molecule has 0 unspecified atom stereocenters. The summed E-state index contributed by atoms with van der Waals surface area (Å²) in [4.78, 5) is 10.9. The molecule has 1 atom stereocenters. The van der Waals surface area contributed by atoms with E-state index in [9.17, 15) is 4.79 Å². The van der Waals surface area contributed by atoms with Gasteiger partial charge in [-0.1, -0.05) is 13.8 Å². The number of esters is 1. The summed E-state index contributed by atoms with van der Waals surface area (Å²) >= 11 is 0. The molecular weight excluding hydrogens is 166 g/mol. The van der Waals surface area contributed by atoms with Crippen LogP contribution in [-0.2, 0) is 9.53 Å². The van der Waals surface area contributed by atoms with Crippen molar-refractivity contribution in [1.29, 1.82) is 0 Å². The third kappa shape index (κ3) is 5.64. The number of carbonyl (C=O) groups is 1. The van der Waals surface area contributed by atoms with Crippen LogP contribution in [0, 0.1) is 11.8 Å². The van der Waals surface area contributed by atoms with Gasteiger partial charge in [-0.05, 0) is 31.2 Å². The zero-order valence-electron chi connectivity index (χ0n) is 8.88. The van der Waals surface area contributed by atoms with Crippen LogP contribution in [0.4, 0.5) is 0 Å². The molecule has 0 saturated carbocycles. The number of rotatable bonds is 6. The van der Waals surface area contributed by atoms with E-state index >= 15 is 0 Å². The molecule has 78 valence electrons. The summed E-state index contributed by atoms with van der Waals surface area (Å²) in [6, 6.07) is 0. The molecule has 0 aliphatic heterocycles. The molecule has 0 aliphatic rings. The normalized spacial score (nSPS) is 13.0. The van der Waals surface area contributed by atoms with E-state index in [1.165, 1.54) is 7.11 Å². The van der Waals surface area contributed by atoms with Crippen LogP contribution in [0.2, 0.25) is 0 Å². The van der Waals surface area contributed by atoms with E-state index in [0.717, 1.165) is 12.8 Å². The summed E-state index contributed by atoms with van der Waals surface area (Å²) in [5.41, 5.74) is 5.49. The third-order valence-electron chi connectivity index (χ3n) is 2.43. The van der Waals surface area contributed by atoms with Crippen LogP contribution >= 0.6 is 0 Å². The van der Waals surface area contributed by atoms with Crippen LogP contribution in [0.5, 0.6) is 0 Å². The zero-order chi connectivity index (χ0) is 10.3. The first-order chi connectivity index (χ1) is 6.11. The lowest BCUT2D eigenvalue weighted by Crippen LogP contribution is -2.16. The van der Waals surface area contributed by atoms with Gasteiger partial charge in [0.2, 0.25) is 0 Å². The minimum Gasteiger partial charge on any atom is -0.469 e. The van der Waals surface area contributed by atoms with Crippen molar-refractivity contribution < 1.29 is 9.53 Å². The number of hydrogen-bond donors (Lipinski definition) is 1. The number of methoxy groups -OCH3 is 1. The molecule has 3 nitrogen and oxygen atoms in total. The summed E-state index contributed by atoms with van der Waals surface area (Å²) in [7, 11) is 1.43. The molecule has 0 rings (SSSR count). The standard InChI is InChI=1S/C10H21NO2/c1-8(2)9(6-7-11)4-5-10(12)13-3/h8-9H,4-7,11H2,1-3H3/t9-/m1/s1. The first-order valence-electron chi connectivity index (χ1n) is 4.88. The molecule has 0 saturated heterocycles. The van der Waals surface area contributed by atoms with Gasteiger partial charge in [-0.3, -0.25) is 4.79 Å². The predicted octanol–water partition coefficient (Wildman–Crippen LogP) is 1.56. The summed E-state index contributed by atoms with van der Waals surface area (Å²) in [6.45, 7) is 5.03. The van der Waals surface area contributed by atoms with Gasteiger partial charge in [0.25, 0.3) is 0 Å². The highest BCUT2D eigenvalue weighted by Gasteiger charge is 2.14. The molecule has 0 fully saturated rings. The van der Waals surface area contributed by atoms with Gasteiger partial charge in [0.05, 0.1) is 7.11 Å². The molecule has 0 amide bonds. The minimum absolute atomic E-state index is 0.123. The highest BCUT2D eigenvalue weighted by atomic mass is 16.5. The number of nitrogens with two attached hydrogens (primary N) is 1. The number of carbonyl (C=O) groups excluding carboxylic acids is 1. The van der Waals surface area contributed by atoms with Crippen LogP contribution in [0.25, 0.3) is 0 Å². The average molecular weight is 187 g/mol. The third-order valence-corrected chi connectivity index (χ3v) is 2.43. The van der Waals surface area contributed by atoms with Crippen molar-refractivity contribution in [1.82, 2.24) is 0 Å². The minimum atomic E-state index is -0.123. The van der Waals surface area contributed by atoms with Gasteiger partial charge in [0.15, 0.2) is 0 Å². The Morgan fingerprint density at radius 2 is 2.00 bits per heavy atom. The quantitative estimate of drug-likeness (QED) is 0.642. The maximum Gasteiger partial charge on any atom is 0.305 e.